The number of nitrogens with one attached hydrogen (secondary N) is 1. The summed E-state index contributed by atoms with van der Waals surface area (Å²) in [7, 11) is 3.32. The molecule has 0 aliphatic heterocycles. The van der Waals surface area contributed by atoms with Crippen molar-refractivity contribution in [2.24, 2.45) is 0 Å². The van der Waals surface area contributed by atoms with Crippen molar-refractivity contribution in [3.8, 4) is 11.5 Å². The van der Waals surface area contributed by atoms with Crippen LogP contribution in [0, 0.1) is 0 Å². The highest BCUT2D eigenvalue weighted by atomic mass is 32.1. The Morgan fingerprint density at radius 2 is 1.92 bits per heavy atom. The molecule has 0 spiro atoms. The molecule has 1 aromatic carbocycles. The van der Waals surface area contributed by atoms with Gasteiger partial charge in [0.15, 0.2) is 11.5 Å². The quantitative estimate of drug-likeness (QED) is 0.704. The van der Waals surface area contributed by atoms with Gasteiger partial charge in [0.05, 0.1) is 19.6 Å². The number of hydrogen-bond donors (Lipinski definition) is 1. The zero-order chi connectivity index (χ0) is 17.9. The summed E-state index contributed by atoms with van der Waals surface area (Å²) in [5.74, 6) is 2.49. The Morgan fingerprint density at radius 3 is 2.77 bits per heavy atom. The molecule has 6 heteroatoms. The molecule has 1 N–H and O–H groups in total. The van der Waals surface area contributed by atoms with Crippen LogP contribution in [-0.4, -0.2) is 30.7 Å². The van der Waals surface area contributed by atoms with Crippen LogP contribution in [0.2, 0.25) is 0 Å². The van der Waals surface area contributed by atoms with E-state index in [0.29, 0.717) is 0 Å². The van der Waals surface area contributed by atoms with E-state index in [4.69, 9.17) is 9.47 Å². The Morgan fingerprint density at radius 1 is 1.08 bits per heavy atom. The van der Waals surface area contributed by atoms with Gasteiger partial charge in [-0.1, -0.05) is 6.07 Å². The maximum absolute atomic E-state index is 5.39. The topological polar surface area (TPSA) is 56.3 Å². The molecule has 0 saturated carbocycles. The molecule has 136 valence electrons. The average molecular weight is 369 g/mol. The van der Waals surface area contributed by atoms with Crippen LogP contribution in [0.25, 0.3) is 10.2 Å². The van der Waals surface area contributed by atoms with E-state index in [2.05, 4.69) is 21.4 Å². The fourth-order valence-electron chi connectivity index (χ4n) is 3.59. The van der Waals surface area contributed by atoms with Crippen molar-refractivity contribution in [1.82, 2.24) is 9.97 Å². The van der Waals surface area contributed by atoms with Gasteiger partial charge in [-0.15, -0.1) is 11.3 Å². The third kappa shape index (κ3) is 3.21. The lowest BCUT2D eigenvalue weighted by Crippen LogP contribution is -2.08. The van der Waals surface area contributed by atoms with Crippen LogP contribution in [0.5, 0.6) is 11.5 Å². The molecule has 1 aliphatic carbocycles. The van der Waals surface area contributed by atoms with Gasteiger partial charge in [-0.3, -0.25) is 0 Å². The number of rotatable bonds is 6. The van der Waals surface area contributed by atoms with Crippen molar-refractivity contribution in [3.05, 3.63) is 40.5 Å². The second-order valence-corrected chi connectivity index (χ2v) is 7.56. The monoisotopic (exact) mass is 369 g/mol. The minimum absolute atomic E-state index is 0.756. The van der Waals surface area contributed by atoms with E-state index in [1.165, 1.54) is 40.7 Å². The number of benzene rings is 1. The molecule has 0 fully saturated rings. The number of methoxy groups -OCH3 is 2. The lowest BCUT2D eigenvalue weighted by atomic mass is 9.97. The fourth-order valence-corrected chi connectivity index (χ4v) is 4.81. The minimum Gasteiger partial charge on any atom is -0.493 e. The summed E-state index contributed by atoms with van der Waals surface area (Å²) in [5.41, 5.74) is 2.67. The van der Waals surface area contributed by atoms with Crippen LogP contribution < -0.4 is 14.8 Å². The van der Waals surface area contributed by atoms with E-state index in [1.807, 2.05) is 23.5 Å². The Hall–Kier alpha value is -2.34. The van der Waals surface area contributed by atoms with Crippen LogP contribution in [0.15, 0.2) is 24.5 Å². The lowest BCUT2D eigenvalue weighted by Gasteiger charge is -2.13. The van der Waals surface area contributed by atoms with Gasteiger partial charge in [-0.25, -0.2) is 9.97 Å². The summed E-state index contributed by atoms with van der Waals surface area (Å²) in [6, 6.07) is 6.06. The molecule has 0 radical (unpaired) electrons. The van der Waals surface area contributed by atoms with Crippen LogP contribution in [0.3, 0.4) is 0 Å². The molecular formula is C20H23N3O2S. The van der Waals surface area contributed by atoms with Gasteiger partial charge in [0, 0.05) is 11.4 Å². The molecule has 1 aliphatic rings. The van der Waals surface area contributed by atoms with E-state index in [0.717, 1.165) is 41.5 Å². The van der Waals surface area contributed by atoms with Crippen molar-refractivity contribution in [3.63, 3.8) is 0 Å². The Bertz CT molecular complexity index is 923. The highest BCUT2D eigenvalue weighted by Crippen LogP contribution is 2.38. The first-order valence-corrected chi connectivity index (χ1v) is 9.82. The Balaban J connectivity index is 1.51. The Labute approximate surface area is 157 Å². The molecule has 26 heavy (non-hydrogen) atoms. The highest BCUT2D eigenvalue weighted by Gasteiger charge is 2.19. The average Bonchev–Trinajstić information content (AvgIpc) is 3.07. The van der Waals surface area contributed by atoms with Gasteiger partial charge in [-0.05, 0) is 55.4 Å². The van der Waals surface area contributed by atoms with Crippen LogP contribution in [0.4, 0.5) is 5.82 Å². The molecule has 5 nitrogen and oxygen atoms in total. The van der Waals surface area contributed by atoms with E-state index < -0.39 is 0 Å². The molecule has 2 heterocycles. The molecule has 0 atom stereocenters. The second-order valence-electron chi connectivity index (χ2n) is 6.48. The largest absolute Gasteiger partial charge is 0.493 e. The van der Waals surface area contributed by atoms with Gasteiger partial charge in [0.2, 0.25) is 0 Å². The number of aryl methyl sites for hydroxylation is 2. The van der Waals surface area contributed by atoms with E-state index in [-0.39, 0.29) is 0 Å². The zero-order valence-electron chi connectivity index (χ0n) is 15.2. The normalized spacial score (nSPS) is 13.5. The highest BCUT2D eigenvalue weighted by molar-refractivity contribution is 7.19. The standard InChI is InChI=1S/C20H23N3O2S/c1-24-15-8-7-13(11-16(15)25-2)9-10-21-19-18-14-5-3-4-6-17(14)26-20(18)23-12-22-19/h7-8,11-12H,3-6,9-10H2,1-2H3,(H,21,22,23). The maximum Gasteiger partial charge on any atom is 0.160 e. The summed E-state index contributed by atoms with van der Waals surface area (Å²) < 4.78 is 10.7. The molecule has 4 rings (SSSR count). The van der Waals surface area contributed by atoms with Crippen molar-refractivity contribution in [2.75, 3.05) is 26.1 Å². The number of aromatic nitrogens is 2. The molecule has 0 unspecified atom stereocenters. The second kappa shape index (κ2) is 7.50. The van der Waals surface area contributed by atoms with Gasteiger partial charge in [-0.2, -0.15) is 0 Å². The molecule has 2 aromatic heterocycles. The fraction of sp³-hybridized carbons (Fsp3) is 0.400. The first-order chi connectivity index (χ1) is 12.8. The third-order valence-corrected chi connectivity index (χ3v) is 6.11. The number of thiophene rings is 1. The lowest BCUT2D eigenvalue weighted by molar-refractivity contribution is 0.354. The SMILES string of the molecule is COc1ccc(CCNc2ncnc3sc4c(c23)CCCC4)cc1OC. The number of nitrogens with zero attached hydrogens (tertiary/aromatic N) is 2. The third-order valence-electron chi connectivity index (χ3n) is 4.91. The summed E-state index contributed by atoms with van der Waals surface area (Å²) in [4.78, 5) is 11.6. The molecular weight excluding hydrogens is 346 g/mol. The van der Waals surface area contributed by atoms with Crippen molar-refractivity contribution in [1.29, 1.82) is 0 Å². The number of hydrogen-bond acceptors (Lipinski definition) is 6. The molecule has 0 amide bonds. The summed E-state index contributed by atoms with van der Waals surface area (Å²) in [6.45, 7) is 0.812. The van der Waals surface area contributed by atoms with Crippen LogP contribution >= 0.6 is 11.3 Å². The molecule has 0 bridgehead atoms. The first-order valence-electron chi connectivity index (χ1n) is 9.00. The minimum atomic E-state index is 0.756. The van der Waals surface area contributed by atoms with Crippen molar-refractivity contribution < 1.29 is 9.47 Å². The van der Waals surface area contributed by atoms with Gasteiger partial charge >= 0.3 is 0 Å². The summed E-state index contributed by atoms with van der Waals surface area (Å²) in [6.07, 6.45) is 7.43. The van der Waals surface area contributed by atoms with Gasteiger partial charge in [0.25, 0.3) is 0 Å². The van der Waals surface area contributed by atoms with Crippen LogP contribution in [-0.2, 0) is 19.3 Å². The summed E-state index contributed by atoms with van der Waals surface area (Å²) >= 11 is 1.83. The van der Waals surface area contributed by atoms with Gasteiger partial charge in [0.1, 0.15) is 17.0 Å². The number of ether oxygens (including phenoxy) is 2. The smallest absolute Gasteiger partial charge is 0.160 e. The van der Waals surface area contributed by atoms with E-state index >= 15 is 0 Å². The van der Waals surface area contributed by atoms with Crippen molar-refractivity contribution >= 4 is 27.4 Å². The number of anilines is 1. The first kappa shape index (κ1) is 17.1. The predicted octanol–water partition coefficient (Wildman–Crippen LogP) is 4.24. The zero-order valence-corrected chi connectivity index (χ0v) is 16.0. The predicted molar refractivity (Wildman–Crippen MR) is 106 cm³/mol. The van der Waals surface area contributed by atoms with E-state index in [1.54, 1.807) is 20.5 Å². The van der Waals surface area contributed by atoms with Crippen LogP contribution in [0.1, 0.15) is 28.8 Å². The van der Waals surface area contributed by atoms with Gasteiger partial charge < -0.3 is 14.8 Å². The Kier molecular flexibility index (Phi) is 4.93. The van der Waals surface area contributed by atoms with Crippen molar-refractivity contribution in [2.45, 2.75) is 32.1 Å². The molecule has 0 saturated heterocycles. The molecule has 3 aromatic rings. The van der Waals surface area contributed by atoms with E-state index in [9.17, 15) is 0 Å². The maximum atomic E-state index is 5.39. The number of fused-ring (bicyclic) bond motifs is 3. The summed E-state index contributed by atoms with van der Waals surface area (Å²) in [5, 5.41) is 4.76.